The SMILES string of the molecule is OCCCCC#Cc1ccc(F)cc1.OCCCCCCc1ccc(F)cc1. The number of benzene rings is 2. The zero-order chi connectivity index (χ0) is 20.5. The van der Waals surface area contributed by atoms with Gasteiger partial charge in [-0.15, -0.1) is 0 Å². The number of halogens is 2. The molecule has 2 nitrogen and oxygen atoms in total. The molecule has 0 aromatic heterocycles. The van der Waals surface area contributed by atoms with Crippen LogP contribution in [-0.2, 0) is 6.42 Å². The van der Waals surface area contributed by atoms with E-state index in [-0.39, 0.29) is 24.8 Å². The number of aliphatic hydroxyl groups excluding tert-OH is 2. The highest BCUT2D eigenvalue weighted by Crippen LogP contribution is 2.08. The van der Waals surface area contributed by atoms with E-state index in [1.807, 2.05) is 12.1 Å². The fraction of sp³-hybridized carbons (Fsp3) is 0.417. The molecule has 152 valence electrons. The van der Waals surface area contributed by atoms with E-state index >= 15 is 0 Å². The molecule has 0 heterocycles. The summed E-state index contributed by atoms with van der Waals surface area (Å²) in [6.45, 7) is 0.509. The molecule has 0 fully saturated rings. The number of unbranched alkanes of at least 4 members (excludes halogenated alkanes) is 5. The molecule has 0 aliphatic carbocycles. The third-order valence-electron chi connectivity index (χ3n) is 4.07. The monoisotopic (exact) mass is 388 g/mol. The van der Waals surface area contributed by atoms with Gasteiger partial charge >= 0.3 is 0 Å². The first-order valence-corrected chi connectivity index (χ1v) is 9.86. The molecule has 0 unspecified atom stereocenters. The standard InChI is InChI=1S/C12H17FO.C12H13FO/c2*13-12-8-6-11(7-9-12)5-3-1-2-4-10-14/h6-9,14H,1-5,10H2;6-9,14H,1-2,4,10H2. The maximum atomic E-state index is 12.5. The van der Waals surface area contributed by atoms with Crippen LogP contribution in [0.3, 0.4) is 0 Å². The van der Waals surface area contributed by atoms with Gasteiger partial charge in [0.15, 0.2) is 0 Å². The Hall–Kier alpha value is -2.22. The van der Waals surface area contributed by atoms with Gasteiger partial charge in [-0.3, -0.25) is 0 Å². The third-order valence-corrected chi connectivity index (χ3v) is 4.07. The summed E-state index contributed by atoms with van der Waals surface area (Å²) in [6.07, 6.45) is 7.71. The van der Waals surface area contributed by atoms with Crippen molar-refractivity contribution in [3.8, 4) is 11.8 Å². The zero-order valence-electron chi connectivity index (χ0n) is 16.3. The molecule has 2 N–H and O–H groups in total. The van der Waals surface area contributed by atoms with E-state index in [0.717, 1.165) is 56.9 Å². The number of hydrogen-bond donors (Lipinski definition) is 2. The smallest absolute Gasteiger partial charge is 0.123 e. The van der Waals surface area contributed by atoms with Crippen molar-refractivity contribution in [2.75, 3.05) is 13.2 Å². The molecule has 0 aliphatic rings. The maximum absolute atomic E-state index is 12.5. The minimum Gasteiger partial charge on any atom is -0.396 e. The molecule has 0 bridgehead atoms. The van der Waals surface area contributed by atoms with Gasteiger partial charge < -0.3 is 10.2 Å². The predicted molar refractivity (Wildman–Crippen MR) is 110 cm³/mol. The van der Waals surface area contributed by atoms with Crippen molar-refractivity contribution in [3.05, 3.63) is 71.3 Å². The maximum Gasteiger partial charge on any atom is 0.123 e. The van der Waals surface area contributed by atoms with Crippen molar-refractivity contribution in [2.45, 2.75) is 51.4 Å². The minimum absolute atomic E-state index is 0.172. The fourth-order valence-corrected chi connectivity index (χ4v) is 2.47. The minimum atomic E-state index is -0.240. The lowest BCUT2D eigenvalue weighted by Crippen LogP contribution is -1.88. The molecule has 0 amide bonds. The first-order chi connectivity index (χ1) is 13.7. The van der Waals surface area contributed by atoms with Crippen LogP contribution in [0.4, 0.5) is 8.78 Å². The van der Waals surface area contributed by atoms with Gasteiger partial charge in [-0.05, 0) is 74.1 Å². The van der Waals surface area contributed by atoms with Crippen LogP contribution in [0.1, 0.15) is 56.1 Å². The molecule has 2 aromatic rings. The second-order valence-electron chi connectivity index (χ2n) is 6.50. The average Bonchev–Trinajstić information content (AvgIpc) is 2.71. The third kappa shape index (κ3) is 12.2. The van der Waals surface area contributed by atoms with Crippen LogP contribution in [0.25, 0.3) is 0 Å². The van der Waals surface area contributed by atoms with Crippen molar-refractivity contribution in [1.82, 2.24) is 0 Å². The van der Waals surface area contributed by atoms with Crippen LogP contribution < -0.4 is 0 Å². The molecular formula is C24H30F2O2. The van der Waals surface area contributed by atoms with E-state index in [9.17, 15) is 8.78 Å². The summed E-state index contributed by atoms with van der Waals surface area (Å²) in [6, 6.07) is 12.8. The van der Waals surface area contributed by atoms with E-state index in [1.54, 1.807) is 12.1 Å². The highest BCUT2D eigenvalue weighted by Gasteiger charge is 1.94. The second-order valence-corrected chi connectivity index (χ2v) is 6.50. The summed E-state index contributed by atoms with van der Waals surface area (Å²) < 4.78 is 25.0. The first-order valence-electron chi connectivity index (χ1n) is 9.86. The van der Waals surface area contributed by atoms with Crippen molar-refractivity contribution in [3.63, 3.8) is 0 Å². The Morgan fingerprint density at radius 3 is 1.79 bits per heavy atom. The highest BCUT2D eigenvalue weighted by atomic mass is 19.1. The molecule has 28 heavy (non-hydrogen) atoms. The number of hydrogen-bond acceptors (Lipinski definition) is 2. The Morgan fingerprint density at radius 1 is 0.643 bits per heavy atom. The molecule has 2 rings (SSSR count). The van der Waals surface area contributed by atoms with E-state index in [4.69, 9.17) is 10.2 Å². The van der Waals surface area contributed by atoms with Crippen LogP contribution >= 0.6 is 0 Å². The molecule has 4 heteroatoms. The molecule has 0 aliphatic heterocycles. The Kier molecular flexibility index (Phi) is 13.4. The predicted octanol–water partition coefficient (Wildman–Crippen LogP) is 5.26. The van der Waals surface area contributed by atoms with Crippen LogP contribution in [0.2, 0.25) is 0 Å². The first kappa shape index (κ1) is 23.8. The Morgan fingerprint density at radius 2 is 1.18 bits per heavy atom. The lowest BCUT2D eigenvalue weighted by atomic mass is 10.1. The summed E-state index contributed by atoms with van der Waals surface area (Å²) in [7, 11) is 0. The van der Waals surface area contributed by atoms with E-state index in [2.05, 4.69) is 11.8 Å². The lowest BCUT2D eigenvalue weighted by molar-refractivity contribution is 0.282. The van der Waals surface area contributed by atoms with Gasteiger partial charge in [0, 0.05) is 25.2 Å². The molecule has 0 radical (unpaired) electrons. The van der Waals surface area contributed by atoms with Crippen LogP contribution in [0, 0.1) is 23.5 Å². The summed E-state index contributed by atoms with van der Waals surface area (Å²) in [5.74, 6) is 5.49. The largest absolute Gasteiger partial charge is 0.396 e. The van der Waals surface area contributed by atoms with Gasteiger partial charge in [-0.25, -0.2) is 8.78 Å². The normalized spacial score (nSPS) is 9.86. The van der Waals surface area contributed by atoms with Crippen molar-refractivity contribution in [1.29, 1.82) is 0 Å². The Labute approximate surface area is 167 Å². The Balaban J connectivity index is 0.000000280. The molecule has 0 saturated heterocycles. The van der Waals surface area contributed by atoms with Crippen molar-refractivity contribution in [2.24, 2.45) is 0 Å². The van der Waals surface area contributed by atoms with E-state index in [0.29, 0.717) is 0 Å². The van der Waals surface area contributed by atoms with Gasteiger partial charge in [-0.1, -0.05) is 36.8 Å². The molecular weight excluding hydrogens is 358 g/mol. The lowest BCUT2D eigenvalue weighted by Gasteiger charge is -2.00. The summed E-state index contributed by atoms with van der Waals surface area (Å²) in [5, 5.41) is 17.1. The molecule has 0 spiro atoms. The van der Waals surface area contributed by atoms with Crippen LogP contribution in [0.15, 0.2) is 48.5 Å². The quantitative estimate of drug-likeness (QED) is 0.454. The van der Waals surface area contributed by atoms with Gasteiger partial charge in [0.25, 0.3) is 0 Å². The second kappa shape index (κ2) is 15.8. The van der Waals surface area contributed by atoms with E-state index in [1.165, 1.54) is 29.8 Å². The fourth-order valence-electron chi connectivity index (χ4n) is 2.47. The van der Waals surface area contributed by atoms with Crippen LogP contribution in [0.5, 0.6) is 0 Å². The number of aliphatic hydroxyl groups is 2. The van der Waals surface area contributed by atoms with Gasteiger partial charge in [-0.2, -0.15) is 0 Å². The topological polar surface area (TPSA) is 40.5 Å². The molecule has 0 saturated carbocycles. The van der Waals surface area contributed by atoms with Gasteiger partial charge in [0.05, 0.1) is 0 Å². The van der Waals surface area contributed by atoms with Crippen molar-refractivity contribution >= 4 is 0 Å². The molecule has 0 atom stereocenters. The summed E-state index contributed by atoms with van der Waals surface area (Å²) in [4.78, 5) is 0. The van der Waals surface area contributed by atoms with E-state index < -0.39 is 0 Å². The molecule has 2 aromatic carbocycles. The number of aryl methyl sites for hydroxylation is 1. The van der Waals surface area contributed by atoms with Gasteiger partial charge in [0.2, 0.25) is 0 Å². The Bertz CT molecular complexity index is 685. The average molecular weight is 388 g/mol. The summed E-state index contributed by atoms with van der Waals surface area (Å²) in [5.41, 5.74) is 2.02. The van der Waals surface area contributed by atoms with Gasteiger partial charge in [0.1, 0.15) is 11.6 Å². The van der Waals surface area contributed by atoms with Crippen LogP contribution in [-0.4, -0.2) is 23.4 Å². The van der Waals surface area contributed by atoms with Crippen molar-refractivity contribution < 1.29 is 19.0 Å². The number of rotatable bonds is 9. The zero-order valence-corrected chi connectivity index (χ0v) is 16.3. The highest BCUT2D eigenvalue weighted by molar-refractivity contribution is 5.33. The summed E-state index contributed by atoms with van der Waals surface area (Å²) >= 11 is 0.